The van der Waals surface area contributed by atoms with Crippen molar-refractivity contribution in [3.8, 4) is 0 Å². The first-order valence-electron chi connectivity index (χ1n) is 21.3. The van der Waals surface area contributed by atoms with Crippen LogP contribution in [-0.2, 0) is 23.7 Å². The molecular weight excluding hydrogens is 845 g/mol. The molecule has 6 heterocycles. The summed E-state index contributed by atoms with van der Waals surface area (Å²) in [7, 11) is 0. The zero-order valence-corrected chi connectivity index (χ0v) is 39.5. The van der Waals surface area contributed by atoms with Crippen LogP contribution < -0.4 is 42.1 Å². The molecule has 65 heavy (non-hydrogen) atoms. The summed E-state index contributed by atoms with van der Waals surface area (Å²) in [6.07, 6.45) is 2.19. The minimum Gasteiger partial charge on any atom is -0.444 e. The number of carbonyl (C=O) groups excluding carboxylic acids is 5. The van der Waals surface area contributed by atoms with Gasteiger partial charge in [-0.2, -0.15) is 19.2 Å². The van der Waals surface area contributed by atoms with E-state index in [1.54, 1.807) is 53.7 Å². The molecule has 2 atom stereocenters. The number of nitrogens with two attached hydrogens (primary N) is 1. The second kappa shape index (κ2) is 19.1. The number of nitrogens with one attached hydrogen (secondary N) is 5. The van der Waals surface area contributed by atoms with E-state index in [0.29, 0.717) is 78.5 Å². The number of carbonyl (C=O) groups is 5. The van der Waals surface area contributed by atoms with Gasteiger partial charge in [-0.1, -0.05) is 0 Å². The number of amides is 5. The molecule has 2 aliphatic rings. The van der Waals surface area contributed by atoms with Crippen LogP contribution in [-0.4, -0.2) is 120 Å². The summed E-state index contributed by atoms with van der Waals surface area (Å²) < 4.78 is 24.3. The molecule has 0 bridgehead atoms. The lowest BCUT2D eigenvalue weighted by Gasteiger charge is -2.23. The molecule has 4 aromatic heterocycles. The Bertz CT molecular complexity index is 2390. The summed E-state index contributed by atoms with van der Waals surface area (Å²) >= 11 is 0. The van der Waals surface area contributed by atoms with Crippen molar-refractivity contribution in [1.29, 1.82) is 0 Å². The van der Waals surface area contributed by atoms with Crippen molar-refractivity contribution in [2.24, 2.45) is 0 Å². The first-order chi connectivity index (χ1) is 30.0. The molecule has 23 nitrogen and oxygen atoms in total. The number of alkyl carbamates (subject to hydrolysis) is 2. The third-order valence-electron chi connectivity index (χ3n) is 8.98. The number of hydrogen-bond donors (Lipinski definition) is 6. The summed E-state index contributed by atoms with van der Waals surface area (Å²) in [6.45, 7) is 25.3. The first kappa shape index (κ1) is 49.2. The van der Waals surface area contributed by atoms with Gasteiger partial charge in [0.25, 0.3) is 0 Å². The van der Waals surface area contributed by atoms with Crippen LogP contribution in [0.2, 0.25) is 0 Å². The topological polar surface area (TPSA) is 275 Å². The van der Waals surface area contributed by atoms with Crippen molar-refractivity contribution in [2.45, 2.75) is 137 Å². The maximum Gasteiger partial charge on any atom is 0.413 e. The van der Waals surface area contributed by atoms with Gasteiger partial charge in [0.2, 0.25) is 5.91 Å². The fraction of sp³-hybridized carbons (Fsp3) is 0.595. The van der Waals surface area contributed by atoms with Gasteiger partial charge in [-0.15, -0.1) is 0 Å². The Labute approximate surface area is 377 Å². The van der Waals surface area contributed by atoms with Crippen LogP contribution in [0.15, 0.2) is 24.5 Å². The van der Waals surface area contributed by atoms with Crippen molar-refractivity contribution in [2.75, 3.05) is 57.7 Å². The molecule has 2 fully saturated rings. The normalized spacial score (nSPS) is 16.6. The number of nitrogen functional groups attached to an aromatic ring is 1. The molecule has 2 saturated heterocycles. The Balaban J connectivity index is 0.000000245. The van der Waals surface area contributed by atoms with Crippen LogP contribution in [0, 0.1) is 0 Å². The maximum absolute atomic E-state index is 12.4. The van der Waals surface area contributed by atoms with E-state index in [0.717, 1.165) is 6.42 Å². The fourth-order valence-electron chi connectivity index (χ4n) is 6.63. The fourth-order valence-corrected chi connectivity index (χ4v) is 6.63. The van der Waals surface area contributed by atoms with Crippen molar-refractivity contribution in [1.82, 2.24) is 39.8 Å². The molecule has 356 valence electrons. The van der Waals surface area contributed by atoms with Crippen LogP contribution in [0.4, 0.5) is 53.8 Å². The van der Waals surface area contributed by atoms with Crippen LogP contribution >= 0.6 is 0 Å². The summed E-state index contributed by atoms with van der Waals surface area (Å²) in [5, 5.41) is 22.3. The molecular formula is C42H64N14O9. The average molecular weight is 909 g/mol. The van der Waals surface area contributed by atoms with Crippen LogP contribution in [0.1, 0.15) is 103 Å². The van der Waals surface area contributed by atoms with Gasteiger partial charge in [-0.05, 0) is 95.9 Å². The Kier molecular flexibility index (Phi) is 14.5. The monoisotopic (exact) mass is 908 g/mol. The van der Waals surface area contributed by atoms with Gasteiger partial charge >= 0.3 is 24.4 Å². The minimum absolute atomic E-state index is 0.0857. The van der Waals surface area contributed by atoms with E-state index < -0.39 is 46.8 Å². The number of nitrogens with zero attached hydrogens (tertiary/aromatic N) is 8. The largest absolute Gasteiger partial charge is 0.444 e. The molecule has 0 saturated carbocycles. The quantitative estimate of drug-likeness (QED) is 0.118. The van der Waals surface area contributed by atoms with E-state index in [1.807, 2.05) is 51.3 Å². The number of aromatic nitrogens is 6. The molecule has 0 aliphatic carbocycles. The maximum atomic E-state index is 12.4. The van der Waals surface area contributed by atoms with E-state index in [9.17, 15) is 24.0 Å². The highest BCUT2D eigenvalue weighted by molar-refractivity contribution is 5.93. The van der Waals surface area contributed by atoms with Crippen molar-refractivity contribution >= 4 is 76.2 Å². The summed E-state index contributed by atoms with van der Waals surface area (Å²) in [5.41, 5.74) is 5.13. The van der Waals surface area contributed by atoms with E-state index >= 15 is 0 Å². The van der Waals surface area contributed by atoms with Gasteiger partial charge in [0, 0.05) is 45.2 Å². The van der Waals surface area contributed by atoms with Gasteiger partial charge in [0.1, 0.15) is 51.4 Å². The zero-order valence-electron chi connectivity index (χ0n) is 39.5. The van der Waals surface area contributed by atoms with Crippen molar-refractivity contribution in [3.63, 3.8) is 0 Å². The number of fused-ring (bicyclic) bond motifs is 2. The van der Waals surface area contributed by atoms with Gasteiger partial charge in [0.15, 0.2) is 11.3 Å². The highest BCUT2D eigenvalue weighted by Gasteiger charge is 2.30. The molecule has 0 aromatic carbocycles. The Morgan fingerprint density at radius 3 is 1.38 bits per heavy atom. The van der Waals surface area contributed by atoms with Gasteiger partial charge in [-0.25, -0.2) is 29.1 Å². The van der Waals surface area contributed by atoms with Gasteiger partial charge in [-0.3, -0.25) is 15.4 Å². The van der Waals surface area contributed by atoms with Crippen molar-refractivity contribution in [3.05, 3.63) is 24.5 Å². The van der Waals surface area contributed by atoms with Gasteiger partial charge < -0.3 is 50.4 Å². The standard InChI is InChI=1S/C22H33N7O5.C20H31N7O4/c1-13(30)24-15-11-23-29-17(27-20(32)34-22(5,6)7)10-16(26-18(15)29)28-9-8-14(12-28)25-19(31)33-21(2,3)4;1-19(2,3)30-17(28)23-12-7-8-26(11-12)14-9-15(25-18(29)31-20(4,5)6)27-16(24-14)13(21)10-22-27/h10-11,14H,8-9,12H2,1-7H3,(H,24,30)(H,25,31)(H,27,32);9-10,12H,7-8,11,21H2,1-6H3,(H,23,28)(H,25,29)/t14-;12-/m00/s1. The second-order valence-electron chi connectivity index (χ2n) is 19.7. The van der Waals surface area contributed by atoms with Crippen LogP contribution in [0.5, 0.6) is 0 Å². The van der Waals surface area contributed by atoms with Crippen molar-refractivity contribution < 1.29 is 42.9 Å². The highest BCUT2D eigenvalue weighted by Crippen LogP contribution is 2.29. The number of rotatable bonds is 7. The second-order valence-corrected chi connectivity index (χ2v) is 19.7. The minimum atomic E-state index is -0.681. The lowest BCUT2D eigenvalue weighted by atomic mass is 10.2. The molecule has 4 aromatic rings. The predicted molar refractivity (Wildman–Crippen MR) is 244 cm³/mol. The highest BCUT2D eigenvalue weighted by atomic mass is 16.6. The molecule has 5 amide bonds. The zero-order chi connectivity index (χ0) is 48.2. The summed E-state index contributed by atoms with van der Waals surface area (Å²) in [4.78, 5) is 73.8. The van der Waals surface area contributed by atoms with Gasteiger partial charge in [0.05, 0.1) is 30.2 Å². The third-order valence-corrected chi connectivity index (χ3v) is 8.98. The molecule has 6 rings (SSSR count). The molecule has 23 heteroatoms. The van der Waals surface area contributed by atoms with E-state index in [-0.39, 0.29) is 18.0 Å². The predicted octanol–water partition coefficient (Wildman–Crippen LogP) is 5.90. The summed E-state index contributed by atoms with van der Waals surface area (Å²) in [6, 6.07) is 3.17. The molecule has 7 N–H and O–H groups in total. The van der Waals surface area contributed by atoms with E-state index in [2.05, 4.69) is 46.7 Å². The number of hydrogen-bond acceptors (Lipinski definition) is 16. The lowest BCUT2D eigenvalue weighted by molar-refractivity contribution is -0.114. The third kappa shape index (κ3) is 14.6. The SMILES string of the molecule is CC(=O)Nc1cnn2c(NC(=O)OC(C)(C)C)cc(N3CC[C@H](NC(=O)OC(C)(C)C)C3)nc12.CC(C)(C)OC(=O)Nc1cc(N2CC[C@H](NC(=O)OC(C)(C)C)C2)nc2c(N)cnn12. The number of anilines is 6. The van der Waals surface area contributed by atoms with E-state index in [1.165, 1.54) is 28.3 Å². The molecule has 0 radical (unpaired) electrons. The molecule has 0 spiro atoms. The molecule has 2 aliphatic heterocycles. The van der Waals surface area contributed by atoms with Crippen LogP contribution in [0.25, 0.3) is 11.3 Å². The lowest BCUT2D eigenvalue weighted by Crippen LogP contribution is -2.40. The number of ether oxygens (including phenoxy) is 4. The average Bonchev–Trinajstić information content (AvgIpc) is 3.93. The smallest absolute Gasteiger partial charge is 0.413 e. The first-order valence-corrected chi connectivity index (χ1v) is 21.3. The Morgan fingerprint density at radius 1 is 0.585 bits per heavy atom. The summed E-state index contributed by atoms with van der Waals surface area (Å²) in [5.74, 6) is 1.61. The van der Waals surface area contributed by atoms with E-state index in [4.69, 9.17) is 24.7 Å². The Morgan fingerprint density at radius 2 is 0.969 bits per heavy atom. The Hall–Kier alpha value is -6.81. The molecule has 0 unspecified atom stereocenters. The van der Waals surface area contributed by atoms with Crippen LogP contribution in [0.3, 0.4) is 0 Å².